The Labute approximate surface area is 195 Å². The quantitative estimate of drug-likeness (QED) is 0.244. The Morgan fingerprint density at radius 3 is 2.48 bits per heavy atom. The van der Waals surface area contributed by atoms with Gasteiger partial charge in [0.1, 0.15) is 17.1 Å². The summed E-state index contributed by atoms with van der Waals surface area (Å²) in [5.41, 5.74) is -0.949. The van der Waals surface area contributed by atoms with Crippen molar-refractivity contribution < 1.29 is 33.9 Å². The van der Waals surface area contributed by atoms with Crippen molar-refractivity contribution in [1.29, 1.82) is 0 Å². The third kappa shape index (κ3) is 4.80. The van der Waals surface area contributed by atoms with Gasteiger partial charge in [-0.05, 0) is 59.6 Å². The molecule has 3 rings (SSSR count). The number of halogens is 1. The predicted octanol–water partition coefficient (Wildman–Crippen LogP) is 3.53. The van der Waals surface area contributed by atoms with Crippen LogP contribution in [-0.2, 0) is 9.59 Å². The number of carbonyl (C=O) groups is 3. The van der Waals surface area contributed by atoms with Crippen molar-refractivity contribution in [2.75, 3.05) is 18.1 Å². The fraction of sp³-hybridized carbons (Fsp3) is 0.190. The summed E-state index contributed by atoms with van der Waals surface area (Å²) in [4.78, 5) is 49.4. The number of barbiturate groups is 1. The zero-order chi connectivity index (χ0) is 24.3. The summed E-state index contributed by atoms with van der Waals surface area (Å²) < 4.78 is 11.0. The number of ether oxygens (including phenoxy) is 2. The van der Waals surface area contributed by atoms with Crippen LogP contribution >= 0.6 is 15.9 Å². The summed E-state index contributed by atoms with van der Waals surface area (Å²) in [6.07, 6.45) is 1.08. The molecule has 0 aliphatic carbocycles. The molecule has 0 atom stereocenters. The SMILES string of the molecule is CCOc1ccc(OCC)c(N2C(=O)NC(=O)/C(=C\c3cc(Br)c(O)c([N+](=O)[O-])c3)C2=O)c1. The zero-order valence-electron chi connectivity index (χ0n) is 17.5. The minimum absolute atomic E-state index is 0.0109. The number of rotatable bonds is 7. The highest BCUT2D eigenvalue weighted by molar-refractivity contribution is 9.10. The summed E-state index contributed by atoms with van der Waals surface area (Å²) in [5, 5.41) is 23.1. The van der Waals surface area contributed by atoms with Crippen LogP contribution in [0.25, 0.3) is 6.08 Å². The third-order valence-corrected chi connectivity index (χ3v) is 5.06. The minimum Gasteiger partial charge on any atom is -0.501 e. The molecule has 33 heavy (non-hydrogen) atoms. The molecule has 0 spiro atoms. The van der Waals surface area contributed by atoms with E-state index < -0.39 is 39.8 Å². The van der Waals surface area contributed by atoms with Gasteiger partial charge in [0.05, 0.1) is 28.3 Å². The second kappa shape index (κ2) is 9.69. The van der Waals surface area contributed by atoms with Crippen molar-refractivity contribution in [2.24, 2.45) is 0 Å². The topological polar surface area (TPSA) is 148 Å². The van der Waals surface area contributed by atoms with E-state index in [1.54, 1.807) is 19.9 Å². The average molecular weight is 520 g/mol. The molecule has 0 aromatic heterocycles. The number of anilines is 1. The normalized spacial score (nSPS) is 14.9. The molecule has 0 bridgehead atoms. The van der Waals surface area contributed by atoms with Crippen LogP contribution in [0, 0.1) is 10.1 Å². The standard InChI is InChI=1S/C21H18BrN3O8/c1-3-32-12-5-6-17(33-4-2)15(10-12)24-20(28)13(19(27)23-21(24)29)7-11-8-14(22)18(26)16(9-11)25(30)31/h5-10,26H,3-4H2,1-2H3,(H,23,27,29)/b13-7+. The van der Waals surface area contributed by atoms with Crippen molar-refractivity contribution in [1.82, 2.24) is 5.32 Å². The Balaban J connectivity index is 2.11. The lowest BCUT2D eigenvalue weighted by Crippen LogP contribution is -2.54. The van der Waals surface area contributed by atoms with E-state index >= 15 is 0 Å². The average Bonchev–Trinajstić information content (AvgIpc) is 2.75. The van der Waals surface area contributed by atoms with Gasteiger partial charge < -0.3 is 14.6 Å². The van der Waals surface area contributed by atoms with E-state index in [1.165, 1.54) is 18.2 Å². The second-order valence-corrected chi connectivity index (χ2v) is 7.44. The molecule has 12 heteroatoms. The summed E-state index contributed by atoms with van der Waals surface area (Å²) >= 11 is 3.00. The van der Waals surface area contributed by atoms with Crippen molar-refractivity contribution in [2.45, 2.75) is 13.8 Å². The maximum Gasteiger partial charge on any atom is 0.336 e. The van der Waals surface area contributed by atoms with E-state index in [4.69, 9.17) is 9.47 Å². The Morgan fingerprint density at radius 1 is 1.15 bits per heavy atom. The lowest BCUT2D eigenvalue weighted by Gasteiger charge is -2.28. The largest absolute Gasteiger partial charge is 0.501 e. The highest BCUT2D eigenvalue weighted by Crippen LogP contribution is 2.37. The van der Waals surface area contributed by atoms with Crippen LogP contribution in [-0.4, -0.2) is 41.1 Å². The Bertz CT molecular complexity index is 1190. The van der Waals surface area contributed by atoms with Gasteiger partial charge in [-0.1, -0.05) is 0 Å². The lowest BCUT2D eigenvalue weighted by molar-refractivity contribution is -0.386. The van der Waals surface area contributed by atoms with Crippen molar-refractivity contribution >= 4 is 51.2 Å². The number of amides is 4. The van der Waals surface area contributed by atoms with Gasteiger partial charge >= 0.3 is 11.7 Å². The van der Waals surface area contributed by atoms with Gasteiger partial charge in [0.25, 0.3) is 11.8 Å². The highest BCUT2D eigenvalue weighted by Gasteiger charge is 2.38. The molecule has 1 heterocycles. The molecular weight excluding hydrogens is 502 g/mol. The molecule has 1 fully saturated rings. The van der Waals surface area contributed by atoms with E-state index in [2.05, 4.69) is 21.2 Å². The van der Waals surface area contributed by atoms with Gasteiger partial charge in [0, 0.05) is 12.1 Å². The predicted molar refractivity (Wildman–Crippen MR) is 120 cm³/mol. The minimum atomic E-state index is -0.991. The number of aromatic hydroxyl groups is 1. The molecule has 1 saturated heterocycles. The molecule has 1 aliphatic rings. The number of hydrogen-bond acceptors (Lipinski definition) is 8. The third-order valence-electron chi connectivity index (χ3n) is 4.46. The number of nitro groups is 1. The van der Waals surface area contributed by atoms with Crippen LogP contribution in [0.15, 0.2) is 40.4 Å². The van der Waals surface area contributed by atoms with Gasteiger partial charge in [0.2, 0.25) is 5.75 Å². The first-order valence-electron chi connectivity index (χ1n) is 9.65. The molecular formula is C21H18BrN3O8. The fourth-order valence-corrected chi connectivity index (χ4v) is 3.54. The van der Waals surface area contributed by atoms with Crippen LogP contribution in [0.4, 0.5) is 16.2 Å². The van der Waals surface area contributed by atoms with Gasteiger partial charge in [-0.15, -0.1) is 0 Å². The van der Waals surface area contributed by atoms with Gasteiger partial charge in [-0.3, -0.25) is 25.0 Å². The first-order chi connectivity index (χ1) is 15.7. The van der Waals surface area contributed by atoms with Gasteiger partial charge in [0.15, 0.2) is 0 Å². The van der Waals surface area contributed by atoms with Crippen molar-refractivity contribution in [3.8, 4) is 17.2 Å². The summed E-state index contributed by atoms with van der Waals surface area (Å²) in [7, 11) is 0. The number of nitro benzene ring substituents is 1. The number of nitrogens with one attached hydrogen (secondary N) is 1. The van der Waals surface area contributed by atoms with Crippen LogP contribution < -0.4 is 19.7 Å². The lowest BCUT2D eigenvalue weighted by atomic mass is 10.1. The van der Waals surface area contributed by atoms with Gasteiger partial charge in [-0.2, -0.15) is 0 Å². The van der Waals surface area contributed by atoms with Crippen molar-refractivity contribution in [3.63, 3.8) is 0 Å². The molecule has 2 N–H and O–H groups in total. The smallest absolute Gasteiger partial charge is 0.336 e. The van der Waals surface area contributed by atoms with E-state index in [-0.39, 0.29) is 28.1 Å². The molecule has 1 aliphatic heterocycles. The van der Waals surface area contributed by atoms with Crippen molar-refractivity contribution in [3.05, 3.63) is 56.1 Å². The Morgan fingerprint density at radius 2 is 1.85 bits per heavy atom. The van der Waals surface area contributed by atoms with Crippen LogP contribution in [0.5, 0.6) is 17.2 Å². The van der Waals surface area contributed by atoms with Gasteiger partial charge in [-0.25, -0.2) is 9.69 Å². The number of carbonyl (C=O) groups excluding carboxylic acids is 3. The monoisotopic (exact) mass is 519 g/mol. The summed E-state index contributed by atoms with van der Waals surface area (Å²) in [6.45, 7) is 4.08. The first kappa shape index (κ1) is 23.7. The van der Waals surface area contributed by atoms with E-state index in [9.17, 15) is 29.6 Å². The molecule has 172 valence electrons. The van der Waals surface area contributed by atoms with Crippen LogP contribution in [0.2, 0.25) is 0 Å². The molecule has 11 nitrogen and oxygen atoms in total. The number of hydrogen-bond donors (Lipinski definition) is 2. The van der Waals surface area contributed by atoms with E-state index in [0.29, 0.717) is 12.4 Å². The highest BCUT2D eigenvalue weighted by atomic mass is 79.9. The molecule has 0 unspecified atom stereocenters. The van der Waals surface area contributed by atoms with E-state index in [1.807, 2.05) is 0 Å². The number of phenolic OH excluding ortho intramolecular Hbond substituents is 1. The molecule has 0 radical (unpaired) electrons. The number of imide groups is 2. The summed E-state index contributed by atoms with van der Waals surface area (Å²) in [6, 6.07) is 5.87. The van der Waals surface area contributed by atoms with Crippen LogP contribution in [0.1, 0.15) is 19.4 Å². The molecule has 2 aromatic rings. The first-order valence-corrected chi connectivity index (χ1v) is 10.4. The summed E-state index contributed by atoms with van der Waals surface area (Å²) in [5.74, 6) is -1.97. The maximum atomic E-state index is 13.2. The fourth-order valence-electron chi connectivity index (χ4n) is 3.08. The van der Waals surface area contributed by atoms with Crippen LogP contribution in [0.3, 0.4) is 0 Å². The number of urea groups is 1. The molecule has 0 saturated carbocycles. The number of benzene rings is 2. The van der Waals surface area contributed by atoms with E-state index in [0.717, 1.165) is 17.0 Å². The zero-order valence-corrected chi connectivity index (χ0v) is 19.0. The second-order valence-electron chi connectivity index (χ2n) is 6.58. The number of nitrogens with zero attached hydrogens (tertiary/aromatic N) is 2. The Kier molecular flexibility index (Phi) is 6.97. The maximum absolute atomic E-state index is 13.2. The molecule has 4 amide bonds. The number of phenols is 1. The molecule has 2 aromatic carbocycles. The Hall–Kier alpha value is -3.93.